The van der Waals surface area contributed by atoms with Gasteiger partial charge in [-0.15, -0.1) is 0 Å². The monoisotopic (exact) mass is 336 g/mol. The predicted molar refractivity (Wildman–Crippen MR) is 88.8 cm³/mol. The molecular weight excluding hydrogens is 327 g/mol. The van der Waals surface area contributed by atoms with Crippen molar-refractivity contribution in [2.24, 2.45) is 0 Å². The summed E-state index contributed by atoms with van der Waals surface area (Å²) in [5.74, 6) is -0.195. The van der Waals surface area contributed by atoms with Gasteiger partial charge in [-0.25, -0.2) is 4.98 Å². The molecule has 0 spiro atoms. The number of thiazole rings is 1. The van der Waals surface area contributed by atoms with Crippen molar-refractivity contribution < 1.29 is 4.79 Å². The average Bonchev–Trinajstić information content (AvgIpc) is 2.88. The van der Waals surface area contributed by atoms with E-state index in [1.54, 1.807) is 18.2 Å². The lowest BCUT2D eigenvalue weighted by molar-refractivity contribution is 0.102. The lowest BCUT2D eigenvalue weighted by Gasteiger charge is -2.04. The van der Waals surface area contributed by atoms with E-state index in [4.69, 9.17) is 23.2 Å². The number of fused-ring (bicyclic) bond motifs is 1. The van der Waals surface area contributed by atoms with Crippen LogP contribution in [0, 0.1) is 6.92 Å². The highest BCUT2D eigenvalue weighted by molar-refractivity contribution is 7.23. The van der Waals surface area contributed by atoms with E-state index in [9.17, 15) is 4.79 Å². The zero-order valence-corrected chi connectivity index (χ0v) is 13.3. The molecule has 3 aromatic rings. The molecule has 0 saturated carbocycles. The van der Waals surface area contributed by atoms with Gasteiger partial charge in [0.2, 0.25) is 0 Å². The molecule has 0 atom stereocenters. The second-order valence-corrected chi connectivity index (χ2v) is 6.31. The van der Waals surface area contributed by atoms with Crippen LogP contribution in [0.15, 0.2) is 36.4 Å². The minimum Gasteiger partial charge on any atom is -0.298 e. The molecule has 21 heavy (non-hydrogen) atoms. The van der Waals surface area contributed by atoms with Gasteiger partial charge < -0.3 is 0 Å². The third-order valence-corrected chi connectivity index (χ3v) is 4.79. The Bertz CT molecular complexity index is 806. The molecule has 0 aliphatic rings. The molecule has 3 rings (SSSR count). The van der Waals surface area contributed by atoms with Gasteiger partial charge in [-0.05, 0) is 30.7 Å². The molecule has 0 saturated heterocycles. The van der Waals surface area contributed by atoms with Gasteiger partial charge in [-0.1, -0.05) is 52.7 Å². The number of nitrogens with zero attached hydrogens (tertiary/aromatic N) is 1. The summed E-state index contributed by atoms with van der Waals surface area (Å²) in [4.78, 5) is 16.6. The third kappa shape index (κ3) is 2.75. The molecule has 0 bridgehead atoms. The van der Waals surface area contributed by atoms with Crippen LogP contribution in [0.4, 0.5) is 5.13 Å². The Morgan fingerprint density at radius 1 is 1.14 bits per heavy atom. The number of benzene rings is 2. The molecule has 1 aromatic heterocycles. The van der Waals surface area contributed by atoms with E-state index in [0.29, 0.717) is 26.3 Å². The smallest absolute Gasteiger partial charge is 0.257 e. The summed E-state index contributed by atoms with van der Waals surface area (Å²) in [5, 5.41) is 4.36. The summed E-state index contributed by atoms with van der Waals surface area (Å²) >= 11 is 13.5. The number of hydrogen-bond acceptors (Lipinski definition) is 3. The van der Waals surface area contributed by atoms with Crippen LogP contribution in [0.1, 0.15) is 15.9 Å². The molecular formula is C15H10Cl2N2OS. The number of rotatable bonds is 2. The quantitative estimate of drug-likeness (QED) is 0.701. The van der Waals surface area contributed by atoms with Crippen molar-refractivity contribution in [3.63, 3.8) is 0 Å². The molecule has 0 unspecified atom stereocenters. The zero-order valence-electron chi connectivity index (χ0n) is 11.0. The molecule has 1 heterocycles. The third-order valence-electron chi connectivity index (χ3n) is 3.06. The van der Waals surface area contributed by atoms with Crippen molar-refractivity contribution in [1.82, 2.24) is 4.98 Å². The van der Waals surface area contributed by atoms with Crippen molar-refractivity contribution in [3.05, 3.63) is 57.6 Å². The molecule has 1 N–H and O–H groups in total. The average molecular weight is 337 g/mol. The fourth-order valence-corrected chi connectivity index (χ4v) is 3.41. The number of aryl methyl sites for hydroxylation is 1. The maximum absolute atomic E-state index is 12.3. The predicted octanol–water partition coefficient (Wildman–Crippen LogP) is 5.16. The molecule has 0 aliphatic heterocycles. The number of hydrogen-bond donors (Lipinski definition) is 1. The summed E-state index contributed by atoms with van der Waals surface area (Å²) < 4.78 is 0.768. The standard InChI is InChI=1S/C15H10Cl2N2OS/c1-8-4-2-3-5-9(8)14(20)19-15-18-12-10(16)6-7-11(17)13(12)21-15/h2-7H,1H3,(H,18,19,20). The highest BCUT2D eigenvalue weighted by atomic mass is 35.5. The van der Waals surface area contributed by atoms with Crippen molar-refractivity contribution >= 4 is 55.8 Å². The number of carbonyl (C=O) groups is 1. The highest BCUT2D eigenvalue weighted by Crippen LogP contribution is 2.36. The molecule has 0 aliphatic carbocycles. The summed E-state index contributed by atoms with van der Waals surface area (Å²) in [7, 11) is 0. The second-order valence-electron chi connectivity index (χ2n) is 4.50. The Balaban J connectivity index is 1.96. The molecule has 2 aromatic carbocycles. The molecule has 1 amide bonds. The van der Waals surface area contributed by atoms with Crippen molar-refractivity contribution in [1.29, 1.82) is 0 Å². The molecule has 6 heteroatoms. The van der Waals surface area contributed by atoms with Gasteiger partial charge in [0.25, 0.3) is 5.91 Å². The Hall–Kier alpha value is -1.62. The number of anilines is 1. The molecule has 0 radical (unpaired) electrons. The first-order chi connectivity index (χ1) is 10.1. The lowest BCUT2D eigenvalue weighted by atomic mass is 10.1. The molecule has 3 nitrogen and oxygen atoms in total. The van der Waals surface area contributed by atoms with Crippen LogP contribution >= 0.6 is 34.5 Å². The SMILES string of the molecule is Cc1ccccc1C(=O)Nc1nc2c(Cl)ccc(Cl)c2s1. The number of nitrogens with one attached hydrogen (secondary N) is 1. The summed E-state index contributed by atoms with van der Waals surface area (Å²) in [6.07, 6.45) is 0. The Kier molecular flexibility index (Phi) is 3.85. The first-order valence-electron chi connectivity index (χ1n) is 6.18. The maximum atomic E-state index is 12.3. The summed E-state index contributed by atoms with van der Waals surface area (Å²) in [6, 6.07) is 10.8. The second kappa shape index (κ2) is 5.64. The van der Waals surface area contributed by atoms with Crippen LogP contribution in [0.25, 0.3) is 10.2 Å². The first kappa shape index (κ1) is 14.3. The van der Waals surface area contributed by atoms with E-state index in [1.165, 1.54) is 11.3 Å². The van der Waals surface area contributed by atoms with E-state index in [2.05, 4.69) is 10.3 Å². The minimum atomic E-state index is -0.195. The van der Waals surface area contributed by atoms with Crippen LogP contribution in [0.2, 0.25) is 10.0 Å². The molecule has 0 fully saturated rings. The van der Waals surface area contributed by atoms with E-state index < -0.39 is 0 Å². The van der Waals surface area contributed by atoms with Crippen LogP contribution in [-0.2, 0) is 0 Å². The summed E-state index contributed by atoms with van der Waals surface area (Å²) in [6.45, 7) is 1.89. The van der Waals surface area contributed by atoms with Gasteiger partial charge >= 0.3 is 0 Å². The first-order valence-corrected chi connectivity index (χ1v) is 7.75. The van der Waals surface area contributed by atoms with Gasteiger partial charge in [0.15, 0.2) is 5.13 Å². The number of carbonyl (C=O) groups excluding carboxylic acids is 1. The topological polar surface area (TPSA) is 42.0 Å². The Labute approximate surface area is 135 Å². The van der Waals surface area contributed by atoms with E-state index in [-0.39, 0.29) is 5.91 Å². The van der Waals surface area contributed by atoms with Crippen LogP contribution in [0.5, 0.6) is 0 Å². The zero-order chi connectivity index (χ0) is 15.0. The van der Waals surface area contributed by atoms with E-state index in [1.807, 2.05) is 25.1 Å². The molecule has 106 valence electrons. The largest absolute Gasteiger partial charge is 0.298 e. The van der Waals surface area contributed by atoms with Crippen LogP contribution in [0.3, 0.4) is 0 Å². The number of amides is 1. The fourth-order valence-electron chi connectivity index (χ4n) is 1.99. The van der Waals surface area contributed by atoms with Gasteiger partial charge in [0.05, 0.1) is 14.7 Å². The minimum absolute atomic E-state index is 0.195. The van der Waals surface area contributed by atoms with Crippen molar-refractivity contribution in [2.45, 2.75) is 6.92 Å². The number of halogens is 2. The van der Waals surface area contributed by atoms with Gasteiger partial charge in [0, 0.05) is 5.56 Å². The fraction of sp³-hybridized carbons (Fsp3) is 0.0667. The van der Waals surface area contributed by atoms with Crippen molar-refractivity contribution in [2.75, 3.05) is 5.32 Å². The maximum Gasteiger partial charge on any atom is 0.257 e. The Morgan fingerprint density at radius 2 is 1.86 bits per heavy atom. The van der Waals surface area contributed by atoms with Gasteiger partial charge in [-0.2, -0.15) is 0 Å². The normalized spacial score (nSPS) is 10.8. The van der Waals surface area contributed by atoms with Crippen molar-refractivity contribution in [3.8, 4) is 0 Å². The lowest BCUT2D eigenvalue weighted by Crippen LogP contribution is -2.12. The van der Waals surface area contributed by atoms with Gasteiger partial charge in [-0.3, -0.25) is 10.1 Å². The van der Waals surface area contributed by atoms with Crippen LogP contribution in [-0.4, -0.2) is 10.9 Å². The van der Waals surface area contributed by atoms with Crippen LogP contribution < -0.4 is 5.32 Å². The summed E-state index contributed by atoms with van der Waals surface area (Å²) in [5.41, 5.74) is 2.13. The Morgan fingerprint density at radius 3 is 2.57 bits per heavy atom. The number of aromatic nitrogens is 1. The van der Waals surface area contributed by atoms with Gasteiger partial charge in [0.1, 0.15) is 5.52 Å². The van der Waals surface area contributed by atoms with E-state index >= 15 is 0 Å². The highest BCUT2D eigenvalue weighted by Gasteiger charge is 2.14. The van der Waals surface area contributed by atoms with E-state index in [0.717, 1.165) is 10.3 Å².